The van der Waals surface area contributed by atoms with E-state index >= 15 is 4.39 Å². The molecule has 38 heavy (non-hydrogen) atoms. The van der Waals surface area contributed by atoms with Gasteiger partial charge in [-0.15, -0.1) is 0 Å². The van der Waals surface area contributed by atoms with E-state index in [0.29, 0.717) is 67.3 Å². The summed E-state index contributed by atoms with van der Waals surface area (Å²) in [5, 5.41) is 0. The summed E-state index contributed by atoms with van der Waals surface area (Å²) in [6.45, 7) is 4.21. The van der Waals surface area contributed by atoms with Crippen LogP contribution in [0.25, 0.3) is 11.3 Å². The van der Waals surface area contributed by atoms with E-state index < -0.39 is 5.82 Å². The smallest absolute Gasteiger partial charge is 0.256 e. The summed E-state index contributed by atoms with van der Waals surface area (Å²) in [5.41, 5.74) is 8.64. The molecule has 0 spiro atoms. The quantitative estimate of drug-likeness (QED) is 0.518. The molecule has 10 heteroatoms. The molecule has 1 saturated heterocycles. The minimum Gasteiger partial charge on any atom is -0.384 e. The standard InChI is InChI=1S/C28H30FN7O2/c1-4-24-22(8-5-19-6-10-25(30)31-16-19)27(33-18-32-24)20-7-9-21(23(29)15-20)28(38)36-13-11-35(12-14-36)17-26(37)34(2)3/h6-7,9-10,15-16,18H,4,11-14,17H2,1-3H3,(H2,30,31). The third-order valence-electron chi connectivity index (χ3n) is 6.37. The second-order valence-electron chi connectivity index (χ2n) is 9.17. The summed E-state index contributed by atoms with van der Waals surface area (Å²) >= 11 is 0. The maximum atomic E-state index is 15.3. The van der Waals surface area contributed by atoms with Gasteiger partial charge in [0.15, 0.2) is 0 Å². The number of halogens is 1. The van der Waals surface area contributed by atoms with Gasteiger partial charge >= 0.3 is 0 Å². The number of carbonyl (C=O) groups excluding carboxylic acids is 2. The number of carbonyl (C=O) groups is 2. The van der Waals surface area contributed by atoms with Gasteiger partial charge in [-0.25, -0.2) is 19.3 Å². The van der Waals surface area contributed by atoms with Crippen LogP contribution >= 0.6 is 0 Å². The monoisotopic (exact) mass is 515 g/mol. The molecule has 3 heterocycles. The number of nitrogen functional groups attached to an aromatic ring is 1. The highest BCUT2D eigenvalue weighted by Crippen LogP contribution is 2.26. The highest BCUT2D eigenvalue weighted by molar-refractivity contribution is 5.95. The lowest BCUT2D eigenvalue weighted by molar-refractivity contribution is -0.130. The summed E-state index contributed by atoms with van der Waals surface area (Å²) < 4.78 is 15.3. The van der Waals surface area contributed by atoms with E-state index in [-0.39, 0.29) is 17.4 Å². The Bertz CT molecular complexity index is 1390. The van der Waals surface area contributed by atoms with Crippen LogP contribution in [-0.4, -0.2) is 88.3 Å². The fourth-order valence-corrected chi connectivity index (χ4v) is 4.10. The van der Waals surface area contributed by atoms with Gasteiger partial charge in [0.25, 0.3) is 5.91 Å². The van der Waals surface area contributed by atoms with Crippen molar-refractivity contribution in [1.29, 1.82) is 0 Å². The van der Waals surface area contributed by atoms with Gasteiger partial charge in [0.05, 0.1) is 29.1 Å². The molecule has 1 fully saturated rings. The summed E-state index contributed by atoms with van der Waals surface area (Å²) in [6, 6.07) is 7.92. The number of benzene rings is 1. The molecule has 9 nitrogen and oxygen atoms in total. The Balaban J connectivity index is 1.54. The highest BCUT2D eigenvalue weighted by Gasteiger charge is 2.26. The number of likely N-dealkylation sites (N-methyl/N-ethyl adjacent to an activating group) is 1. The summed E-state index contributed by atoms with van der Waals surface area (Å²) in [7, 11) is 3.43. The van der Waals surface area contributed by atoms with E-state index in [4.69, 9.17) is 5.73 Å². The zero-order valence-electron chi connectivity index (χ0n) is 21.7. The lowest BCUT2D eigenvalue weighted by atomic mass is 10.0. The Kier molecular flexibility index (Phi) is 8.28. The van der Waals surface area contributed by atoms with Crippen molar-refractivity contribution in [2.45, 2.75) is 13.3 Å². The predicted molar refractivity (Wildman–Crippen MR) is 142 cm³/mol. The number of nitrogens with two attached hydrogens (primary N) is 1. The average Bonchev–Trinajstić information content (AvgIpc) is 2.92. The Morgan fingerprint density at radius 3 is 2.45 bits per heavy atom. The fraction of sp³-hybridized carbons (Fsp3) is 0.321. The molecular weight excluding hydrogens is 485 g/mol. The van der Waals surface area contributed by atoms with E-state index in [9.17, 15) is 9.59 Å². The number of hydrogen-bond acceptors (Lipinski definition) is 7. The van der Waals surface area contributed by atoms with Crippen molar-refractivity contribution >= 4 is 17.6 Å². The van der Waals surface area contributed by atoms with Crippen LogP contribution in [0.15, 0.2) is 42.9 Å². The van der Waals surface area contributed by atoms with Crippen LogP contribution < -0.4 is 5.73 Å². The topological polar surface area (TPSA) is 109 Å². The van der Waals surface area contributed by atoms with Crippen molar-refractivity contribution in [3.8, 4) is 23.1 Å². The Morgan fingerprint density at radius 2 is 1.82 bits per heavy atom. The van der Waals surface area contributed by atoms with Crippen LogP contribution in [0.2, 0.25) is 0 Å². The van der Waals surface area contributed by atoms with Crippen LogP contribution in [-0.2, 0) is 11.2 Å². The first-order chi connectivity index (χ1) is 18.3. The highest BCUT2D eigenvalue weighted by atomic mass is 19.1. The Morgan fingerprint density at radius 1 is 1.05 bits per heavy atom. The van der Waals surface area contributed by atoms with E-state index in [1.54, 1.807) is 48.3 Å². The number of aryl methyl sites for hydroxylation is 1. The summed E-state index contributed by atoms with van der Waals surface area (Å²) in [5.74, 6) is 5.58. The molecule has 196 valence electrons. The first kappa shape index (κ1) is 26.7. The minimum absolute atomic E-state index is 0.00285. The number of rotatable bonds is 5. The molecule has 0 aliphatic carbocycles. The van der Waals surface area contributed by atoms with Crippen LogP contribution in [0.3, 0.4) is 0 Å². The summed E-state index contributed by atoms with van der Waals surface area (Å²) in [4.78, 5) is 43.0. The number of aromatic nitrogens is 3. The van der Waals surface area contributed by atoms with Gasteiger partial charge in [-0.2, -0.15) is 0 Å². The van der Waals surface area contributed by atoms with Gasteiger partial charge in [-0.05, 0) is 30.7 Å². The van der Waals surface area contributed by atoms with E-state index in [1.807, 2.05) is 11.8 Å². The molecule has 3 aromatic rings. The maximum absolute atomic E-state index is 15.3. The normalized spacial score (nSPS) is 13.5. The lowest BCUT2D eigenvalue weighted by Crippen LogP contribution is -2.51. The van der Waals surface area contributed by atoms with Gasteiger partial charge in [0.2, 0.25) is 5.91 Å². The van der Waals surface area contributed by atoms with Crippen molar-refractivity contribution in [3.05, 3.63) is 71.1 Å². The van der Waals surface area contributed by atoms with E-state index in [2.05, 4.69) is 26.8 Å². The summed E-state index contributed by atoms with van der Waals surface area (Å²) in [6.07, 6.45) is 3.63. The molecule has 0 atom stereocenters. The maximum Gasteiger partial charge on any atom is 0.256 e. The molecular formula is C28H30FN7O2. The van der Waals surface area contributed by atoms with Crippen LogP contribution in [0.5, 0.6) is 0 Å². The van der Waals surface area contributed by atoms with E-state index in [0.717, 1.165) is 5.69 Å². The first-order valence-corrected chi connectivity index (χ1v) is 12.4. The lowest BCUT2D eigenvalue weighted by Gasteiger charge is -2.34. The van der Waals surface area contributed by atoms with Crippen molar-refractivity contribution in [2.75, 3.05) is 52.6 Å². The van der Waals surface area contributed by atoms with Crippen molar-refractivity contribution in [1.82, 2.24) is 29.7 Å². The van der Waals surface area contributed by atoms with Crippen molar-refractivity contribution in [3.63, 3.8) is 0 Å². The Labute approximate surface area is 221 Å². The fourth-order valence-electron chi connectivity index (χ4n) is 4.10. The molecule has 0 bridgehead atoms. The molecule has 0 radical (unpaired) electrons. The molecule has 2 aromatic heterocycles. The van der Waals surface area contributed by atoms with Crippen LogP contribution in [0, 0.1) is 17.7 Å². The average molecular weight is 516 g/mol. The molecule has 2 N–H and O–H groups in total. The zero-order chi connectivity index (χ0) is 27.2. The second-order valence-corrected chi connectivity index (χ2v) is 9.17. The van der Waals surface area contributed by atoms with Crippen molar-refractivity contribution in [2.24, 2.45) is 0 Å². The van der Waals surface area contributed by atoms with Gasteiger partial charge in [-0.1, -0.05) is 24.8 Å². The number of anilines is 1. The predicted octanol–water partition coefficient (Wildman–Crippen LogP) is 2.07. The molecule has 1 aliphatic rings. The van der Waals surface area contributed by atoms with Gasteiger partial charge in [0, 0.05) is 57.6 Å². The molecule has 1 aliphatic heterocycles. The van der Waals surface area contributed by atoms with Crippen molar-refractivity contribution < 1.29 is 14.0 Å². The number of piperazine rings is 1. The number of pyridine rings is 1. The zero-order valence-corrected chi connectivity index (χ0v) is 21.7. The number of amides is 2. The largest absolute Gasteiger partial charge is 0.384 e. The van der Waals surface area contributed by atoms with Gasteiger partial charge in [-0.3, -0.25) is 14.5 Å². The molecule has 0 saturated carbocycles. The molecule has 4 rings (SSSR count). The van der Waals surface area contributed by atoms with E-state index in [1.165, 1.54) is 18.5 Å². The van der Waals surface area contributed by atoms with Gasteiger partial charge in [0.1, 0.15) is 18.0 Å². The van der Waals surface area contributed by atoms with Crippen LogP contribution in [0.1, 0.15) is 34.1 Å². The minimum atomic E-state index is -0.629. The number of hydrogen-bond donors (Lipinski definition) is 1. The molecule has 0 unspecified atom stereocenters. The molecule has 2 amide bonds. The van der Waals surface area contributed by atoms with Gasteiger partial charge < -0.3 is 15.5 Å². The van der Waals surface area contributed by atoms with Crippen LogP contribution in [0.4, 0.5) is 10.2 Å². The SMILES string of the molecule is CCc1ncnc(-c2ccc(C(=O)N3CCN(CC(=O)N(C)C)CC3)c(F)c2)c1C#Cc1ccc(N)nc1. The first-order valence-electron chi connectivity index (χ1n) is 12.4. The molecule has 1 aromatic carbocycles. The third kappa shape index (κ3) is 6.12. The number of nitrogens with zero attached hydrogens (tertiary/aromatic N) is 6. The third-order valence-corrected chi connectivity index (χ3v) is 6.37. The Hall–Kier alpha value is -4.36. The second kappa shape index (κ2) is 11.8.